The summed E-state index contributed by atoms with van der Waals surface area (Å²) < 4.78 is 5.33. The van der Waals surface area contributed by atoms with Gasteiger partial charge in [0.25, 0.3) is 0 Å². The normalized spacial score (nSPS) is 21.9. The van der Waals surface area contributed by atoms with Crippen LogP contribution >= 0.6 is 0 Å². The molecule has 1 N–H and O–H groups in total. The molecule has 1 aromatic rings. The minimum atomic E-state index is 0.0898. The molecular formula is C17H22N4O2. The van der Waals surface area contributed by atoms with Crippen molar-refractivity contribution in [3.8, 4) is 6.07 Å². The molecule has 0 aliphatic carbocycles. The molecule has 0 radical (unpaired) electrons. The zero-order valence-corrected chi connectivity index (χ0v) is 13.2. The molecule has 0 spiro atoms. The topological polar surface area (TPSA) is 78.2 Å². The number of piperidine rings is 1. The van der Waals surface area contributed by atoms with E-state index in [1.807, 2.05) is 6.07 Å². The second-order valence-corrected chi connectivity index (χ2v) is 6.25. The number of nitrogens with zero attached hydrogens (tertiary/aromatic N) is 3. The number of hydrogen-bond acceptors (Lipinski definition) is 5. The first-order valence-electron chi connectivity index (χ1n) is 8.23. The molecule has 0 unspecified atom stereocenters. The highest BCUT2D eigenvalue weighted by molar-refractivity contribution is 5.79. The molecule has 2 saturated heterocycles. The zero-order chi connectivity index (χ0) is 16.1. The van der Waals surface area contributed by atoms with Crippen LogP contribution in [0.4, 0.5) is 5.82 Å². The Morgan fingerprint density at radius 3 is 2.83 bits per heavy atom. The van der Waals surface area contributed by atoms with E-state index in [9.17, 15) is 4.79 Å². The van der Waals surface area contributed by atoms with Gasteiger partial charge in [-0.1, -0.05) is 0 Å². The average molecular weight is 314 g/mol. The SMILES string of the molecule is N#Cc1ccc(N2CCC(C(=O)NC[C@H]3CCOC3)CC2)nc1. The van der Waals surface area contributed by atoms with Crippen molar-refractivity contribution in [1.29, 1.82) is 5.26 Å². The van der Waals surface area contributed by atoms with Crippen LogP contribution in [-0.2, 0) is 9.53 Å². The molecule has 23 heavy (non-hydrogen) atoms. The Morgan fingerprint density at radius 2 is 2.22 bits per heavy atom. The molecule has 2 aliphatic heterocycles. The van der Waals surface area contributed by atoms with Crippen molar-refractivity contribution in [2.24, 2.45) is 11.8 Å². The Kier molecular flexibility index (Phi) is 5.09. The largest absolute Gasteiger partial charge is 0.381 e. The van der Waals surface area contributed by atoms with Crippen LogP contribution < -0.4 is 10.2 Å². The maximum Gasteiger partial charge on any atom is 0.223 e. The van der Waals surface area contributed by atoms with Crippen LogP contribution in [0.1, 0.15) is 24.8 Å². The first-order valence-corrected chi connectivity index (χ1v) is 8.23. The highest BCUT2D eigenvalue weighted by Crippen LogP contribution is 2.22. The third-order valence-electron chi connectivity index (χ3n) is 4.66. The molecule has 2 fully saturated rings. The lowest BCUT2D eigenvalue weighted by Crippen LogP contribution is -2.42. The summed E-state index contributed by atoms with van der Waals surface area (Å²) in [4.78, 5) is 18.8. The van der Waals surface area contributed by atoms with Crippen molar-refractivity contribution in [1.82, 2.24) is 10.3 Å². The number of rotatable bonds is 4. The summed E-state index contributed by atoms with van der Waals surface area (Å²) in [5.41, 5.74) is 0.568. The summed E-state index contributed by atoms with van der Waals surface area (Å²) in [5.74, 6) is 1.61. The molecule has 1 atom stereocenters. The second kappa shape index (κ2) is 7.42. The van der Waals surface area contributed by atoms with Gasteiger partial charge in [-0.3, -0.25) is 4.79 Å². The molecule has 6 heteroatoms. The van der Waals surface area contributed by atoms with E-state index in [2.05, 4.69) is 21.3 Å². The minimum absolute atomic E-state index is 0.0898. The highest BCUT2D eigenvalue weighted by Gasteiger charge is 2.26. The Labute approximate surface area is 136 Å². The number of carbonyl (C=O) groups excluding carboxylic acids is 1. The van der Waals surface area contributed by atoms with E-state index in [4.69, 9.17) is 10.00 Å². The number of amides is 1. The summed E-state index contributed by atoms with van der Waals surface area (Å²) in [5, 5.41) is 11.9. The lowest BCUT2D eigenvalue weighted by molar-refractivity contribution is -0.125. The van der Waals surface area contributed by atoms with Crippen LogP contribution in [0.15, 0.2) is 18.3 Å². The van der Waals surface area contributed by atoms with Gasteiger partial charge < -0.3 is 15.0 Å². The number of nitriles is 1. The number of anilines is 1. The fourth-order valence-electron chi connectivity index (χ4n) is 3.14. The van der Waals surface area contributed by atoms with E-state index in [0.717, 1.165) is 57.9 Å². The van der Waals surface area contributed by atoms with Gasteiger partial charge in [0.1, 0.15) is 11.9 Å². The van der Waals surface area contributed by atoms with Crippen molar-refractivity contribution in [3.05, 3.63) is 23.9 Å². The van der Waals surface area contributed by atoms with Gasteiger partial charge in [0, 0.05) is 44.3 Å². The molecular weight excluding hydrogens is 292 g/mol. The number of pyridine rings is 1. The molecule has 1 amide bonds. The Bertz CT molecular complexity index is 567. The number of nitrogens with one attached hydrogen (secondary N) is 1. The Morgan fingerprint density at radius 1 is 1.39 bits per heavy atom. The van der Waals surface area contributed by atoms with E-state index in [1.54, 1.807) is 12.3 Å². The van der Waals surface area contributed by atoms with Crippen LogP contribution in [0.3, 0.4) is 0 Å². The van der Waals surface area contributed by atoms with Gasteiger partial charge in [-0.15, -0.1) is 0 Å². The predicted octanol–water partition coefficient (Wildman–Crippen LogP) is 1.32. The molecule has 3 rings (SSSR count). The summed E-state index contributed by atoms with van der Waals surface area (Å²) in [7, 11) is 0. The predicted molar refractivity (Wildman–Crippen MR) is 85.8 cm³/mol. The summed E-state index contributed by atoms with van der Waals surface area (Å²) in [6.07, 6.45) is 4.32. The molecule has 0 saturated carbocycles. The molecule has 0 bridgehead atoms. The number of carbonyl (C=O) groups is 1. The van der Waals surface area contributed by atoms with Crippen molar-refractivity contribution in [3.63, 3.8) is 0 Å². The summed E-state index contributed by atoms with van der Waals surface area (Å²) >= 11 is 0. The lowest BCUT2D eigenvalue weighted by atomic mass is 9.95. The molecule has 6 nitrogen and oxygen atoms in total. The van der Waals surface area contributed by atoms with Crippen molar-refractivity contribution in [2.45, 2.75) is 19.3 Å². The third kappa shape index (κ3) is 3.99. The number of hydrogen-bond donors (Lipinski definition) is 1. The minimum Gasteiger partial charge on any atom is -0.381 e. The Hall–Kier alpha value is -2.13. The van der Waals surface area contributed by atoms with E-state index < -0.39 is 0 Å². The molecule has 0 aromatic carbocycles. The Balaban J connectivity index is 1.45. The van der Waals surface area contributed by atoms with Gasteiger partial charge >= 0.3 is 0 Å². The van der Waals surface area contributed by atoms with E-state index in [1.165, 1.54) is 0 Å². The maximum absolute atomic E-state index is 12.3. The van der Waals surface area contributed by atoms with E-state index in [-0.39, 0.29) is 11.8 Å². The van der Waals surface area contributed by atoms with Crippen LogP contribution in [0.25, 0.3) is 0 Å². The van der Waals surface area contributed by atoms with Crippen LogP contribution in [-0.4, -0.2) is 43.7 Å². The highest BCUT2D eigenvalue weighted by atomic mass is 16.5. The molecule has 1 aromatic heterocycles. The van der Waals surface area contributed by atoms with Gasteiger partial charge in [-0.25, -0.2) is 4.98 Å². The lowest BCUT2D eigenvalue weighted by Gasteiger charge is -2.32. The first-order chi connectivity index (χ1) is 11.3. The van der Waals surface area contributed by atoms with E-state index >= 15 is 0 Å². The van der Waals surface area contributed by atoms with Gasteiger partial charge in [0.2, 0.25) is 5.91 Å². The van der Waals surface area contributed by atoms with Gasteiger partial charge in [-0.05, 0) is 31.4 Å². The first kappa shape index (κ1) is 15.8. The monoisotopic (exact) mass is 314 g/mol. The van der Waals surface area contributed by atoms with Crippen molar-refractivity contribution in [2.75, 3.05) is 37.7 Å². The molecule has 122 valence electrons. The van der Waals surface area contributed by atoms with Crippen LogP contribution in [0.2, 0.25) is 0 Å². The van der Waals surface area contributed by atoms with E-state index in [0.29, 0.717) is 11.5 Å². The van der Waals surface area contributed by atoms with Gasteiger partial charge in [-0.2, -0.15) is 5.26 Å². The number of aromatic nitrogens is 1. The van der Waals surface area contributed by atoms with Crippen molar-refractivity contribution < 1.29 is 9.53 Å². The second-order valence-electron chi connectivity index (χ2n) is 6.25. The summed E-state index contributed by atoms with van der Waals surface area (Å²) in [6.45, 7) is 3.96. The smallest absolute Gasteiger partial charge is 0.223 e. The standard InChI is InChI=1S/C17H22N4O2/c18-9-13-1-2-16(19-10-13)21-6-3-15(4-7-21)17(22)20-11-14-5-8-23-12-14/h1-2,10,14-15H,3-8,11-12H2,(H,20,22)/t14-/m1/s1. The van der Waals surface area contributed by atoms with Gasteiger partial charge in [0.15, 0.2) is 0 Å². The fourth-order valence-corrected chi connectivity index (χ4v) is 3.14. The fraction of sp³-hybridized carbons (Fsp3) is 0.588. The van der Waals surface area contributed by atoms with Crippen LogP contribution in [0.5, 0.6) is 0 Å². The van der Waals surface area contributed by atoms with Crippen molar-refractivity contribution >= 4 is 11.7 Å². The average Bonchev–Trinajstić information content (AvgIpc) is 3.13. The molecule has 3 heterocycles. The third-order valence-corrected chi connectivity index (χ3v) is 4.66. The molecule has 2 aliphatic rings. The maximum atomic E-state index is 12.3. The van der Waals surface area contributed by atoms with Gasteiger partial charge in [0.05, 0.1) is 12.2 Å². The zero-order valence-electron chi connectivity index (χ0n) is 13.2. The van der Waals surface area contributed by atoms with Crippen LogP contribution in [0, 0.1) is 23.2 Å². The summed E-state index contributed by atoms with van der Waals surface area (Å²) in [6, 6.07) is 5.73. The number of ether oxygens (including phenoxy) is 1. The quantitative estimate of drug-likeness (QED) is 0.907.